The topological polar surface area (TPSA) is 64.0 Å². The van der Waals surface area contributed by atoms with Gasteiger partial charge in [0.1, 0.15) is 0 Å². The molecule has 0 saturated carbocycles. The molecule has 1 N–H and O–H groups in total. The highest BCUT2D eigenvalue weighted by Gasteiger charge is 2.17. The lowest BCUT2D eigenvalue weighted by molar-refractivity contribution is 0.102. The average molecular weight is 321 g/mol. The SMILES string of the molecule is Cc1cccc(NC(=O)c2nn(C(C)C)c(=O)c3ccccc23)c1. The largest absolute Gasteiger partial charge is 0.321 e. The van der Waals surface area contributed by atoms with Crippen LogP contribution in [-0.2, 0) is 0 Å². The lowest BCUT2D eigenvalue weighted by Gasteiger charge is -2.13. The van der Waals surface area contributed by atoms with Crippen molar-refractivity contribution in [2.45, 2.75) is 26.8 Å². The van der Waals surface area contributed by atoms with Gasteiger partial charge in [-0.2, -0.15) is 5.10 Å². The number of rotatable bonds is 3. The number of amides is 1. The molecular formula is C19H19N3O2. The molecule has 122 valence electrons. The number of hydrogen-bond acceptors (Lipinski definition) is 3. The molecule has 3 aromatic rings. The van der Waals surface area contributed by atoms with E-state index in [9.17, 15) is 9.59 Å². The summed E-state index contributed by atoms with van der Waals surface area (Å²) in [6, 6.07) is 14.5. The molecule has 0 bridgehead atoms. The minimum atomic E-state index is -0.328. The lowest BCUT2D eigenvalue weighted by atomic mass is 10.1. The molecule has 0 spiro atoms. The van der Waals surface area contributed by atoms with Gasteiger partial charge < -0.3 is 5.32 Å². The van der Waals surface area contributed by atoms with Crippen LogP contribution < -0.4 is 10.9 Å². The van der Waals surface area contributed by atoms with E-state index >= 15 is 0 Å². The van der Waals surface area contributed by atoms with Gasteiger partial charge in [-0.1, -0.05) is 30.3 Å². The molecule has 0 unspecified atom stereocenters. The molecule has 2 aromatic carbocycles. The maximum absolute atomic E-state index is 12.7. The fraction of sp³-hybridized carbons (Fsp3) is 0.211. The molecule has 0 radical (unpaired) electrons. The second-order valence-corrected chi connectivity index (χ2v) is 6.06. The maximum Gasteiger partial charge on any atom is 0.276 e. The molecule has 24 heavy (non-hydrogen) atoms. The van der Waals surface area contributed by atoms with E-state index in [1.807, 2.05) is 45.0 Å². The third-order valence-electron chi connectivity index (χ3n) is 3.81. The first kappa shape index (κ1) is 15.9. The van der Waals surface area contributed by atoms with Crippen LogP contribution in [0.1, 0.15) is 35.9 Å². The van der Waals surface area contributed by atoms with Gasteiger partial charge in [-0.25, -0.2) is 4.68 Å². The van der Waals surface area contributed by atoms with E-state index in [1.165, 1.54) is 4.68 Å². The van der Waals surface area contributed by atoms with E-state index in [4.69, 9.17) is 0 Å². The summed E-state index contributed by atoms with van der Waals surface area (Å²) in [4.78, 5) is 25.3. The van der Waals surface area contributed by atoms with Crippen molar-refractivity contribution in [3.05, 3.63) is 70.1 Å². The first-order valence-electron chi connectivity index (χ1n) is 7.87. The number of nitrogens with one attached hydrogen (secondary N) is 1. The summed E-state index contributed by atoms with van der Waals surface area (Å²) >= 11 is 0. The smallest absolute Gasteiger partial charge is 0.276 e. The van der Waals surface area contributed by atoms with Crippen LogP contribution in [0.3, 0.4) is 0 Å². The van der Waals surface area contributed by atoms with Gasteiger partial charge in [-0.3, -0.25) is 9.59 Å². The predicted octanol–water partition coefficient (Wildman–Crippen LogP) is 3.54. The first-order chi connectivity index (χ1) is 11.5. The minimum Gasteiger partial charge on any atom is -0.321 e. The number of benzene rings is 2. The number of anilines is 1. The zero-order valence-electron chi connectivity index (χ0n) is 13.9. The maximum atomic E-state index is 12.7. The van der Waals surface area contributed by atoms with Crippen LogP contribution in [0.4, 0.5) is 5.69 Å². The molecule has 0 aliphatic heterocycles. The zero-order chi connectivity index (χ0) is 17.3. The molecule has 1 heterocycles. The number of aryl methyl sites for hydroxylation is 1. The number of nitrogens with zero attached hydrogens (tertiary/aromatic N) is 2. The Morgan fingerprint density at radius 1 is 1.08 bits per heavy atom. The highest BCUT2D eigenvalue weighted by molar-refractivity contribution is 6.11. The van der Waals surface area contributed by atoms with E-state index in [-0.39, 0.29) is 23.2 Å². The van der Waals surface area contributed by atoms with E-state index in [2.05, 4.69) is 10.4 Å². The molecule has 0 atom stereocenters. The molecule has 1 aromatic heterocycles. The molecule has 0 fully saturated rings. The summed E-state index contributed by atoms with van der Waals surface area (Å²) in [5.41, 5.74) is 1.82. The van der Waals surface area contributed by atoms with Crippen LogP contribution in [0.5, 0.6) is 0 Å². The number of hydrogen-bond donors (Lipinski definition) is 1. The van der Waals surface area contributed by atoms with Crippen molar-refractivity contribution in [2.24, 2.45) is 0 Å². The summed E-state index contributed by atoms with van der Waals surface area (Å²) in [6.07, 6.45) is 0. The predicted molar refractivity (Wildman–Crippen MR) is 95.5 cm³/mol. The van der Waals surface area contributed by atoms with Crippen LogP contribution >= 0.6 is 0 Å². The van der Waals surface area contributed by atoms with Gasteiger partial charge in [0.15, 0.2) is 5.69 Å². The normalized spacial score (nSPS) is 11.0. The van der Waals surface area contributed by atoms with Crippen molar-refractivity contribution in [3.8, 4) is 0 Å². The zero-order valence-corrected chi connectivity index (χ0v) is 13.9. The standard InChI is InChI=1S/C19H19N3O2/c1-12(2)22-19(24)16-10-5-4-9-15(16)17(21-22)18(23)20-14-8-6-7-13(3)11-14/h4-12H,1-3H3,(H,20,23). The fourth-order valence-electron chi connectivity index (χ4n) is 2.64. The molecule has 0 saturated heterocycles. The molecule has 5 nitrogen and oxygen atoms in total. The molecule has 0 aliphatic carbocycles. The summed E-state index contributed by atoms with van der Waals surface area (Å²) in [6.45, 7) is 5.69. The lowest BCUT2D eigenvalue weighted by Crippen LogP contribution is -2.28. The van der Waals surface area contributed by atoms with Gasteiger partial charge in [0.05, 0.1) is 11.4 Å². The van der Waals surface area contributed by atoms with Crippen molar-refractivity contribution >= 4 is 22.4 Å². The van der Waals surface area contributed by atoms with Crippen molar-refractivity contribution in [1.29, 1.82) is 0 Å². The highest BCUT2D eigenvalue weighted by Crippen LogP contribution is 2.17. The van der Waals surface area contributed by atoms with Gasteiger partial charge >= 0.3 is 0 Å². The summed E-state index contributed by atoms with van der Waals surface area (Å²) in [5.74, 6) is -0.328. The van der Waals surface area contributed by atoms with Gasteiger partial charge in [0.25, 0.3) is 11.5 Å². The molecule has 3 rings (SSSR count). The molecule has 5 heteroatoms. The molecular weight excluding hydrogens is 302 g/mol. The molecule has 0 aliphatic rings. The van der Waals surface area contributed by atoms with Crippen molar-refractivity contribution in [3.63, 3.8) is 0 Å². The Hall–Kier alpha value is -2.95. The number of carbonyl (C=O) groups excluding carboxylic acids is 1. The van der Waals surface area contributed by atoms with Crippen molar-refractivity contribution in [1.82, 2.24) is 9.78 Å². The van der Waals surface area contributed by atoms with E-state index in [1.54, 1.807) is 24.3 Å². The van der Waals surface area contributed by atoms with Gasteiger partial charge in [0.2, 0.25) is 0 Å². The summed E-state index contributed by atoms with van der Waals surface area (Å²) in [5, 5.41) is 8.23. The van der Waals surface area contributed by atoms with Crippen LogP contribution in [0.25, 0.3) is 10.8 Å². The Balaban J connectivity index is 2.13. The summed E-state index contributed by atoms with van der Waals surface area (Å²) < 4.78 is 1.35. The quantitative estimate of drug-likeness (QED) is 0.802. The first-order valence-corrected chi connectivity index (χ1v) is 7.87. The Labute approximate surface area is 139 Å². The van der Waals surface area contributed by atoms with Gasteiger partial charge in [0, 0.05) is 11.1 Å². The average Bonchev–Trinajstić information content (AvgIpc) is 2.55. The Bertz CT molecular complexity index is 974. The van der Waals surface area contributed by atoms with Gasteiger partial charge in [-0.15, -0.1) is 0 Å². The fourth-order valence-corrected chi connectivity index (χ4v) is 2.64. The van der Waals surface area contributed by atoms with E-state index in [0.717, 1.165) is 5.56 Å². The highest BCUT2D eigenvalue weighted by atomic mass is 16.2. The minimum absolute atomic E-state index is 0.132. The van der Waals surface area contributed by atoms with E-state index < -0.39 is 0 Å². The number of aromatic nitrogens is 2. The number of fused-ring (bicyclic) bond motifs is 1. The Morgan fingerprint density at radius 2 is 1.79 bits per heavy atom. The third-order valence-corrected chi connectivity index (χ3v) is 3.81. The van der Waals surface area contributed by atoms with Crippen LogP contribution in [0.15, 0.2) is 53.3 Å². The van der Waals surface area contributed by atoms with Crippen LogP contribution in [-0.4, -0.2) is 15.7 Å². The monoisotopic (exact) mass is 321 g/mol. The summed E-state index contributed by atoms with van der Waals surface area (Å²) in [7, 11) is 0. The second-order valence-electron chi connectivity index (χ2n) is 6.06. The van der Waals surface area contributed by atoms with Crippen LogP contribution in [0.2, 0.25) is 0 Å². The van der Waals surface area contributed by atoms with E-state index in [0.29, 0.717) is 16.5 Å². The Kier molecular flexibility index (Phi) is 4.16. The van der Waals surface area contributed by atoms with Crippen molar-refractivity contribution in [2.75, 3.05) is 5.32 Å². The Morgan fingerprint density at radius 3 is 2.46 bits per heavy atom. The van der Waals surface area contributed by atoms with Crippen molar-refractivity contribution < 1.29 is 4.79 Å². The van der Waals surface area contributed by atoms with Crippen LogP contribution in [0, 0.1) is 6.92 Å². The van der Waals surface area contributed by atoms with Gasteiger partial charge in [-0.05, 0) is 44.5 Å². The number of carbonyl (C=O) groups is 1. The molecule has 1 amide bonds. The third kappa shape index (κ3) is 2.93. The second kappa shape index (κ2) is 6.28.